The molecule has 0 radical (unpaired) electrons. The molecule has 0 aromatic heterocycles. The summed E-state index contributed by atoms with van der Waals surface area (Å²) in [4.78, 5) is 0.891. The van der Waals surface area contributed by atoms with Crippen LogP contribution in [0.5, 0.6) is 0 Å². The van der Waals surface area contributed by atoms with Crippen LogP contribution >= 0.6 is 11.8 Å². The molecular formula is C15H15F2NS. The van der Waals surface area contributed by atoms with Crippen LogP contribution in [0.15, 0.2) is 46.2 Å². The van der Waals surface area contributed by atoms with Gasteiger partial charge in [-0.25, -0.2) is 8.78 Å². The predicted octanol–water partition coefficient (Wildman–Crippen LogP) is 3.93. The molecule has 0 amide bonds. The van der Waals surface area contributed by atoms with Crippen molar-refractivity contribution in [2.75, 3.05) is 6.54 Å². The van der Waals surface area contributed by atoms with E-state index in [0.717, 1.165) is 22.2 Å². The molecule has 2 rings (SSSR count). The Morgan fingerprint density at radius 2 is 1.74 bits per heavy atom. The molecule has 1 nitrogen and oxygen atoms in total. The van der Waals surface area contributed by atoms with Crippen molar-refractivity contribution >= 4 is 11.8 Å². The smallest absolute Gasteiger partial charge is 0.140 e. The van der Waals surface area contributed by atoms with Gasteiger partial charge in [0.1, 0.15) is 11.6 Å². The minimum absolute atomic E-state index is 0.0371. The number of nitrogens with two attached hydrogens (primary N) is 1. The molecule has 0 bridgehead atoms. The average Bonchev–Trinajstić information content (AvgIpc) is 2.36. The van der Waals surface area contributed by atoms with Gasteiger partial charge in [0, 0.05) is 4.90 Å². The second kappa shape index (κ2) is 6.17. The summed E-state index contributed by atoms with van der Waals surface area (Å²) >= 11 is 1.11. The number of benzene rings is 2. The van der Waals surface area contributed by atoms with E-state index in [4.69, 9.17) is 5.73 Å². The second-order valence-electron chi connectivity index (χ2n) is 4.29. The Hall–Kier alpha value is -1.39. The molecule has 4 heteroatoms. The lowest BCUT2D eigenvalue weighted by molar-refractivity contribution is 0.537. The van der Waals surface area contributed by atoms with Crippen LogP contribution in [0.4, 0.5) is 8.78 Å². The first-order valence-corrected chi connectivity index (χ1v) is 6.85. The monoisotopic (exact) mass is 279 g/mol. The highest BCUT2D eigenvalue weighted by atomic mass is 32.2. The maximum Gasteiger partial charge on any atom is 0.140 e. The molecule has 0 aliphatic heterocycles. The van der Waals surface area contributed by atoms with E-state index in [1.54, 1.807) is 0 Å². The Balaban J connectivity index is 2.33. The summed E-state index contributed by atoms with van der Waals surface area (Å²) in [5.74, 6) is -1.06. The Morgan fingerprint density at radius 1 is 1.11 bits per heavy atom. The lowest BCUT2D eigenvalue weighted by atomic mass is 10.1. The molecule has 0 spiro atoms. The largest absolute Gasteiger partial charge is 0.330 e. The Bertz CT molecular complexity index is 561. The zero-order chi connectivity index (χ0) is 13.8. The highest BCUT2D eigenvalue weighted by Gasteiger charge is 2.13. The molecule has 0 heterocycles. The lowest BCUT2D eigenvalue weighted by Gasteiger charge is -2.09. The van der Waals surface area contributed by atoms with Crippen LogP contribution in [0.1, 0.15) is 11.1 Å². The second-order valence-corrected chi connectivity index (χ2v) is 5.35. The van der Waals surface area contributed by atoms with Gasteiger partial charge in [-0.15, -0.1) is 0 Å². The van der Waals surface area contributed by atoms with Crippen molar-refractivity contribution < 1.29 is 8.78 Å². The fourth-order valence-corrected chi connectivity index (χ4v) is 2.71. The topological polar surface area (TPSA) is 26.0 Å². The van der Waals surface area contributed by atoms with Gasteiger partial charge < -0.3 is 5.73 Å². The number of hydrogen-bond donors (Lipinski definition) is 1. The summed E-state index contributed by atoms with van der Waals surface area (Å²) in [5, 5.41) is 0. The van der Waals surface area contributed by atoms with Gasteiger partial charge in [-0.1, -0.05) is 30.0 Å². The predicted molar refractivity (Wildman–Crippen MR) is 74.4 cm³/mol. The van der Waals surface area contributed by atoms with Crippen LogP contribution in [-0.2, 0) is 6.42 Å². The Morgan fingerprint density at radius 3 is 2.32 bits per heavy atom. The van der Waals surface area contributed by atoms with Crippen molar-refractivity contribution in [2.45, 2.75) is 23.1 Å². The summed E-state index contributed by atoms with van der Waals surface area (Å²) in [6, 6.07) is 10.2. The quantitative estimate of drug-likeness (QED) is 0.917. The van der Waals surface area contributed by atoms with Crippen LogP contribution in [0.25, 0.3) is 0 Å². The first kappa shape index (κ1) is 14.0. The summed E-state index contributed by atoms with van der Waals surface area (Å²) < 4.78 is 27.9. The van der Waals surface area contributed by atoms with E-state index >= 15 is 0 Å². The van der Waals surface area contributed by atoms with E-state index in [-0.39, 0.29) is 4.90 Å². The van der Waals surface area contributed by atoms with Gasteiger partial charge in [0.05, 0.1) is 4.90 Å². The molecule has 2 N–H and O–H groups in total. The van der Waals surface area contributed by atoms with Gasteiger partial charge in [-0.2, -0.15) is 0 Å². The zero-order valence-corrected chi connectivity index (χ0v) is 11.4. The van der Waals surface area contributed by atoms with Gasteiger partial charge in [0.2, 0.25) is 0 Å². The van der Waals surface area contributed by atoms with Crippen LogP contribution in [0.2, 0.25) is 0 Å². The molecule has 2 aromatic rings. The third kappa shape index (κ3) is 3.33. The normalized spacial score (nSPS) is 10.7. The van der Waals surface area contributed by atoms with Crippen molar-refractivity contribution in [3.8, 4) is 0 Å². The van der Waals surface area contributed by atoms with Crippen LogP contribution in [0.3, 0.4) is 0 Å². The van der Waals surface area contributed by atoms with Crippen LogP contribution < -0.4 is 5.73 Å². The van der Waals surface area contributed by atoms with E-state index in [2.05, 4.69) is 0 Å². The average molecular weight is 279 g/mol. The summed E-state index contributed by atoms with van der Waals surface area (Å²) in [6.45, 7) is 2.30. The fourth-order valence-electron chi connectivity index (χ4n) is 1.80. The van der Waals surface area contributed by atoms with Crippen molar-refractivity contribution in [1.82, 2.24) is 0 Å². The maximum atomic E-state index is 13.9. The van der Waals surface area contributed by atoms with Gasteiger partial charge >= 0.3 is 0 Å². The minimum Gasteiger partial charge on any atom is -0.330 e. The van der Waals surface area contributed by atoms with Gasteiger partial charge in [-0.05, 0) is 49.2 Å². The minimum atomic E-state index is -0.531. The molecule has 100 valence electrons. The van der Waals surface area contributed by atoms with Crippen LogP contribution in [-0.4, -0.2) is 6.54 Å². The summed E-state index contributed by atoms with van der Waals surface area (Å²) in [6.07, 6.45) is 0.475. The third-order valence-electron chi connectivity index (χ3n) is 2.80. The summed E-state index contributed by atoms with van der Waals surface area (Å²) in [7, 11) is 0. The van der Waals surface area contributed by atoms with Gasteiger partial charge in [-0.3, -0.25) is 0 Å². The Kier molecular flexibility index (Phi) is 4.56. The van der Waals surface area contributed by atoms with Crippen molar-refractivity contribution in [3.05, 3.63) is 59.2 Å². The van der Waals surface area contributed by atoms with E-state index in [1.165, 1.54) is 12.1 Å². The fraction of sp³-hybridized carbons (Fsp3) is 0.200. The molecule has 0 saturated carbocycles. The molecule has 19 heavy (non-hydrogen) atoms. The highest BCUT2D eigenvalue weighted by molar-refractivity contribution is 7.99. The molecule has 0 saturated heterocycles. The third-order valence-corrected chi connectivity index (χ3v) is 4.07. The first-order valence-electron chi connectivity index (χ1n) is 6.03. The molecule has 2 aromatic carbocycles. The molecular weight excluding hydrogens is 264 g/mol. The summed E-state index contributed by atoms with van der Waals surface area (Å²) in [5.41, 5.74) is 6.98. The highest BCUT2D eigenvalue weighted by Crippen LogP contribution is 2.34. The van der Waals surface area contributed by atoms with Crippen molar-refractivity contribution in [1.29, 1.82) is 0 Å². The molecule has 0 fully saturated rings. The van der Waals surface area contributed by atoms with Crippen molar-refractivity contribution in [2.24, 2.45) is 5.73 Å². The number of rotatable bonds is 4. The molecule has 0 aliphatic carbocycles. The van der Waals surface area contributed by atoms with E-state index < -0.39 is 11.6 Å². The van der Waals surface area contributed by atoms with Gasteiger partial charge in [0.15, 0.2) is 0 Å². The first-order chi connectivity index (χ1) is 9.11. The van der Waals surface area contributed by atoms with Crippen molar-refractivity contribution in [3.63, 3.8) is 0 Å². The Labute approximate surface area is 115 Å². The molecule has 0 aliphatic rings. The van der Waals surface area contributed by atoms with Gasteiger partial charge in [0.25, 0.3) is 0 Å². The maximum absolute atomic E-state index is 13.9. The van der Waals surface area contributed by atoms with E-state index in [9.17, 15) is 8.78 Å². The number of halogens is 2. The number of aryl methyl sites for hydroxylation is 1. The standard InChI is InChI=1S/C15H15F2NS/c1-10-4-2-3-5-14(10)19-15-12(16)8-11(6-7-18)9-13(15)17/h2-5,8-9H,6-7,18H2,1H3. The molecule has 0 atom stereocenters. The lowest BCUT2D eigenvalue weighted by Crippen LogP contribution is -2.04. The molecule has 0 unspecified atom stereocenters. The van der Waals surface area contributed by atoms with E-state index in [1.807, 2.05) is 31.2 Å². The number of hydrogen-bond acceptors (Lipinski definition) is 2. The SMILES string of the molecule is Cc1ccccc1Sc1c(F)cc(CCN)cc1F. The van der Waals surface area contributed by atoms with Crippen LogP contribution in [0, 0.1) is 18.6 Å². The zero-order valence-electron chi connectivity index (χ0n) is 10.6. The van der Waals surface area contributed by atoms with E-state index in [0.29, 0.717) is 18.5 Å².